The molecule has 64 valence electrons. The molecule has 1 N–H and O–H groups in total. The second-order valence-corrected chi connectivity index (χ2v) is 3.13. The Morgan fingerprint density at radius 1 is 1.67 bits per heavy atom. The number of halogens is 2. The number of anilines is 1. The Balaban J connectivity index is 2.64. The topological polar surface area (TPSA) is 42.0 Å². The molecule has 0 aliphatic carbocycles. The monoisotopic (exact) mass is 248 g/mol. The molecule has 0 aromatic carbocycles. The minimum absolute atomic E-state index is 0.0456. The average molecular weight is 249 g/mol. The molecule has 1 amide bonds. The van der Waals surface area contributed by atoms with Crippen LogP contribution in [0, 0.1) is 0 Å². The molecule has 0 saturated carbocycles. The number of nitrogens with one attached hydrogen (secondary N) is 1. The zero-order valence-corrected chi connectivity index (χ0v) is 8.39. The number of alkyl halides is 1. The van der Waals surface area contributed by atoms with Crippen molar-refractivity contribution in [3.63, 3.8) is 0 Å². The standard InChI is InChI=1S/C7H6BrClN2O/c8-6-2-1-5(4-10-6)11-7(12)3-9/h1-2,4H,3H2,(H,11,12). The first-order valence-electron chi connectivity index (χ1n) is 3.20. The summed E-state index contributed by atoms with van der Waals surface area (Å²) in [6, 6.07) is 3.48. The molecule has 5 heteroatoms. The average Bonchev–Trinajstić information content (AvgIpc) is 2.09. The number of aromatic nitrogens is 1. The van der Waals surface area contributed by atoms with Gasteiger partial charge in [-0.05, 0) is 28.1 Å². The Kier molecular flexibility index (Phi) is 3.49. The van der Waals surface area contributed by atoms with Crippen LogP contribution in [-0.4, -0.2) is 16.8 Å². The molecule has 0 fully saturated rings. The van der Waals surface area contributed by atoms with Gasteiger partial charge in [0.25, 0.3) is 0 Å². The maximum atomic E-state index is 10.8. The van der Waals surface area contributed by atoms with E-state index in [9.17, 15) is 4.79 Å². The number of nitrogens with zero attached hydrogens (tertiary/aromatic N) is 1. The first-order valence-corrected chi connectivity index (χ1v) is 4.52. The minimum atomic E-state index is -0.235. The fraction of sp³-hybridized carbons (Fsp3) is 0.143. The molecule has 0 saturated heterocycles. The first kappa shape index (κ1) is 9.48. The van der Waals surface area contributed by atoms with Gasteiger partial charge in [-0.2, -0.15) is 0 Å². The quantitative estimate of drug-likeness (QED) is 0.644. The van der Waals surface area contributed by atoms with E-state index in [4.69, 9.17) is 11.6 Å². The Morgan fingerprint density at radius 3 is 2.92 bits per heavy atom. The maximum absolute atomic E-state index is 10.8. The lowest BCUT2D eigenvalue weighted by Gasteiger charge is -2.00. The molecular formula is C7H6BrClN2O. The van der Waals surface area contributed by atoms with Gasteiger partial charge in [-0.3, -0.25) is 4.79 Å². The van der Waals surface area contributed by atoms with E-state index in [1.165, 1.54) is 0 Å². The minimum Gasteiger partial charge on any atom is -0.324 e. The largest absolute Gasteiger partial charge is 0.324 e. The molecule has 1 aromatic rings. The number of carbonyl (C=O) groups is 1. The number of pyridine rings is 1. The summed E-state index contributed by atoms with van der Waals surface area (Å²) in [7, 11) is 0. The van der Waals surface area contributed by atoms with E-state index >= 15 is 0 Å². The highest BCUT2D eigenvalue weighted by atomic mass is 79.9. The van der Waals surface area contributed by atoms with E-state index in [1.807, 2.05) is 0 Å². The molecule has 1 aromatic heterocycles. The van der Waals surface area contributed by atoms with E-state index in [2.05, 4.69) is 26.2 Å². The van der Waals surface area contributed by atoms with Crippen LogP contribution in [0.1, 0.15) is 0 Å². The van der Waals surface area contributed by atoms with Crippen molar-refractivity contribution >= 4 is 39.1 Å². The lowest BCUT2D eigenvalue weighted by Crippen LogP contribution is -2.12. The van der Waals surface area contributed by atoms with Gasteiger partial charge in [0.05, 0.1) is 11.9 Å². The van der Waals surface area contributed by atoms with Crippen LogP contribution < -0.4 is 5.32 Å². The van der Waals surface area contributed by atoms with Crippen molar-refractivity contribution in [2.24, 2.45) is 0 Å². The van der Waals surface area contributed by atoms with Gasteiger partial charge in [0.15, 0.2) is 0 Å². The van der Waals surface area contributed by atoms with Crippen LogP contribution >= 0.6 is 27.5 Å². The normalized spacial score (nSPS) is 9.50. The summed E-state index contributed by atoms with van der Waals surface area (Å²) < 4.78 is 0.728. The van der Waals surface area contributed by atoms with Gasteiger partial charge in [-0.25, -0.2) is 4.98 Å². The van der Waals surface area contributed by atoms with Gasteiger partial charge >= 0.3 is 0 Å². The summed E-state index contributed by atoms with van der Waals surface area (Å²) in [4.78, 5) is 14.7. The van der Waals surface area contributed by atoms with Gasteiger partial charge in [0, 0.05) is 0 Å². The van der Waals surface area contributed by atoms with E-state index < -0.39 is 0 Å². The van der Waals surface area contributed by atoms with Crippen LogP contribution in [0.3, 0.4) is 0 Å². The van der Waals surface area contributed by atoms with E-state index in [-0.39, 0.29) is 11.8 Å². The summed E-state index contributed by atoms with van der Waals surface area (Å²) >= 11 is 8.47. The second kappa shape index (κ2) is 4.42. The highest BCUT2D eigenvalue weighted by Gasteiger charge is 1.98. The summed E-state index contributed by atoms with van der Waals surface area (Å²) in [6.45, 7) is 0. The van der Waals surface area contributed by atoms with E-state index in [0.717, 1.165) is 4.60 Å². The van der Waals surface area contributed by atoms with Crippen LogP contribution in [0.5, 0.6) is 0 Å². The number of carbonyl (C=O) groups excluding carboxylic acids is 1. The van der Waals surface area contributed by atoms with Crippen LogP contribution in [-0.2, 0) is 4.79 Å². The SMILES string of the molecule is O=C(CCl)Nc1ccc(Br)nc1. The van der Waals surface area contributed by atoms with Crippen molar-refractivity contribution in [3.8, 4) is 0 Å². The summed E-state index contributed by atoms with van der Waals surface area (Å²) in [6.07, 6.45) is 1.55. The van der Waals surface area contributed by atoms with Crippen LogP contribution in [0.2, 0.25) is 0 Å². The van der Waals surface area contributed by atoms with Gasteiger partial charge < -0.3 is 5.32 Å². The fourth-order valence-corrected chi connectivity index (χ4v) is 0.946. The number of hydrogen-bond donors (Lipinski definition) is 1. The van der Waals surface area contributed by atoms with Crippen molar-refractivity contribution in [2.75, 3.05) is 11.2 Å². The fourth-order valence-electron chi connectivity index (χ4n) is 0.644. The Morgan fingerprint density at radius 2 is 2.42 bits per heavy atom. The van der Waals surface area contributed by atoms with E-state index in [1.54, 1.807) is 18.3 Å². The Labute approximate surface area is 83.3 Å². The molecule has 0 bridgehead atoms. The predicted molar refractivity (Wildman–Crippen MR) is 51.3 cm³/mol. The summed E-state index contributed by atoms with van der Waals surface area (Å²) in [5.41, 5.74) is 0.642. The number of rotatable bonds is 2. The Hall–Kier alpha value is -0.610. The maximum Gasteiger partial charge on any atom is 0.239 e. The molecule has 1 heterocycles. The van der Waals surface area contributed by atoms with E-state index in [0.29, 0.717) is 5.69 Å². The van der Waals surface area contributed by atoms with Gasteiger partial charge in [0.2, 0.25) is 5.91 Å². The van der Waals surface area contributed by atoms with Crippen LogP contribution in [0.25, 0.3) is 0 Å². The second-order valence-electron chi connectivity index (χ2n) is 2.05. The third-order valence-electron chi connectivity index (χ3n) is 1.13. The predicted octanol–water partition coefficient (Wildman–Crippen LogP) is 2.02. The van der Waals surface area contributed by atoms with Crippen molar-refractivity contribution < 1.29 is 4.79 Å². The van der Waals surface area contributed by atoms with Crippen LogP contribution in [0.4, 0.5) is 5.69 Å². The molecule has 0 atom stereocenters. The first-order chi connectivity index (χ1) is 5.72. The number of amides is 1. The van der Waals surface area contributed by atoms with Crippen molar-refractivity contribution in [2.45, 2.75) is 0 Å². The zero-order valence-electron chi connectivity index (χ0n) is 6.05. The molecule has 0 aliphatic rings. The van der Waals surface area contributed by atoms with Gasteiger partial charge in [-0.15, -0.1) is 11.6 Å². The lowest BCUT2D eigenvalue weighted by atomic mass is 10.4. The molecule has 1 rings (SSSR count). The third-order valence-corrected chi connectivity index (χ3v) is 1.84. The van der Waals surface area contributed by atoms with Crippen molar-refractivity contribution in [1.29, 1.82) is 0 Å². The molecule has 0 unspecified atom stereocenters. The Bertz CT molecular complexity index is 275. The zero-order chi connectivity index (χ0) is 8.97. The smallest absolute Gasteiger partial charge is 0.239 e. The lowest BCUT2D eigenvalue weighted by molar-refractivity contribution is -0.113. The highest BCUT2D eigenvalue weighted by molar-refractivity contribution is 9.10. The molecule has 3 nitrogen and oxygen atoms in total. The number of hydrogen-bond acceptors (Lipinski definition) is 2. The highest BCUT2D eigenvalue weighted by Crippen LogP contribution is 2.09. The molecule has 0 aliphatic heterocycles. The molecule has 0 radical (unpaired) electrons. The molecular weight excluding hydrogens is 243 g/mol. The van der Waals surface area contributed by atoms with Gasteiger partial charge in [-0.1, -0.05) is 0 Å². The van der Waals surface area contributed by atoms with Crippen molar-refractivity contribution in [3.05, 3.63) is 22.9 Å². The third kappa shape index (κ3) is 2.79. The summed E-state index contributed by atoms with van der Waals surface area (Å²) in [5.74, 6) is -0.281. The molecule has 12 heavy (non-hydrogen) atoms. The summed E-state index contributed by atoms with van der Waals surface area (Å²) in [5, 5.41) is 2.56. The molecule has 0 spiro atoms. The van der Waals surface area contributed by atoms with Gasteiger partial charge in [0.1, 0.15) is 10.5 Å². The van der Waals surface area contributed by atoms with Crippen molar-refractivity contribution in [1.82, 2.24) is 4.98 Å². The van der Waals surface area contributed by atoms with Crippen LogP contribution in [0.15, 0.2) is 22.9 Å².